The van der Waals surface area contributed by atoms with Crippen molar-refractivity contribution < 1.29 is 19.7 Å². The van der Waals surface area contributed by atoms with Gasteiger partial charge in [-0.15, -0.1) is 0 Å². The van der Waals surface area contributed by atoms with E-state index in [1.807, 2.05) is 6.07 Å². The molecule has 0 saturated carbocycles. The van der Waals surface area contributed by atoms with E-state index in [1.165, 1.54) is 12.1 Å². The largest absolute Gasteiger partial charge is 0.488 e. The second-order valence-corrected chi connectivity index (χ2v) is 5.15. The van der Waals surface area contributed by atoms with Crippen LogP contribution in [0.3, 0.4) is 0 Å². The topological polar surface area (TPSA) is 66.8 Å². The molecule has 0 radical (unpaired) electrons. The summed E-state index contributed by atoms with van der Waals surface area (Å²) in [6.45, 7) is -0.119. The quantitative estimate of drug-likeness (QED) is 0.876. The number of aromatic carboxylic acids is 1. The molecule has 2 aromatic carbocycles. The van der Waals surface area contributed by atoms with Crippen molar-refractivity contribution >= 4 is 29.2 Å². The van der Waals surface area contributed by atoms with E-state index in [4.69, 9.17) is 33.0 Å². The number of carbonyl (C=O) groups is 1. The van der Waals surface area contributed by atoms with Gasteiger partial charge < -0.3 is 14.9 Å². The number of rotatable bonds is 5. The van der Waals surface area contributed by atoms with Crippen LogP contribution in [0.2, 0.25) is 10.0 Å². The molecule has 0 fully saturated rings. The Labute approximate surface area is 131 Å². The molecule has 0 amide bonds. The van der Waals surface area contributed by atoms with Crippen molar-refractivity contribution in [1.29, 1.82) is 0 Å². The SMILES string of the molecule is O=C(O)c1cc(Cl)cc(Cl)c1OCC(O)c1ccccc1. The molecule has 0 spiro atoms. The molecule has 21 heavy (non-hydrogen) atoms. The normalized spacial score (nSPS) is 12.0. The molecule has 0 aliphatic heterocycles. The first-order valence-corrected chi connectivity index (χ1v) is 6.82. The van der Waals surface area contributed by atoms with Gasteiger partial charge in [0.05, 0.1) is 5.02 Å². The Morgan fingerprint density at radius 3 is 2.48 bits per heavy atom. The zero-order valence-corrected chi connectivity index (χ0v) is 12.3. The number of halogens is 2. The lowest BCUT2D eigenvalue weighted by atomic mass is 10.1. The molecule has 0 bridgehead atoms. The highest BCUT2D eigenvalue weighted by molar-refractivity contribution is 6.36. The van der Waals surface area contributed by atoms with Crippen LogP contribution >= 0.6 is 23.2 Å². The maximum atomic E-state index is 11.2. The van der Waals surface area contributed by atoms with Crippen LogP contribution in [0.5, 0.6) is 5.75 Å². The monoisotopic (exact) mass is 326 g/mol. The van der Waals surface area contributed by atoms with Crippen LogP contribution in [-0.2, 0) is 0 Å². The van der Waals surface area contributed by atoms with Crippen LogP contribution in [-0.4, -0.2) is 22.8 Å². The van der Waals surface area contributed by atoms with Gasteiger partial charge in [0.2, 0.25) is 0 Å². The van der Waals surface area contributed by atoms with Gasteiger partial charge in [0.1, 0.15) is 18.3 Å². The molecular formula is C15H12Cl2O4. The average Bonchev–Trinajstić information content (AvgIpc) is 2.46. The third-order valence-electron chi connectivity index (χ3n) is 2.81. The van der Waals surface area contributed by atoms with Crippen molar-refractivity contribution in [2.24, 2.45) is 0 Å². The van der Waals surface area contributed by atoms with Crippen LogP contribution in [0.15, 0.2) is 42.5 Å². The molecule has 0 aliphatic carbocycles. The first-order valence-electron chi connectivity index (χ1n) is 6.07. The fourth-order valence-electron chi connectivity index (χ4n) is 1.80. The molecule has 110 valence electrons. The van der Waals surface area contributed by atoms with Crippen molar-refractivity contribution in [3.05, 3.63) is 63.6 Å². The molecule has 2 aromatic rings. The zero-order chi connectivity index (χ0) is 15.4. The van der Waals surface area contributed by atoms with E-state index in [1.54, 1.807) is 24.3 Å². The minimum atomic E-state index is -1.20. The van der Waals surface area contributed by atoms with E-state index < -0.39 is 12.1 Å². The highest BCUT2D eigenvalue weighted by Gasteiger charge is 2.18. The smallest absolute Gasteiger partial charge is 0.339 e. The van der Waals surface area contributed by atoms with Crippen LogP contribution in [0.4, 0.5) is 0 Å². The number of hydrogen-bond donors (Lipinski definition) is 2. The number of aliphatic hydroxyl groups is 1. The summed E-state index contributed by atoms with van der Waals surface area (Å²) < 4.78 is 5.38. The van der Waals surface area contributed by atoms with E-state index in [0.29, 0.717) is 5.56 Å². The van der Waals surface area contributed by atoms with Crippen molar-refractivity contribution in [3.63, 3.8) is 0 Å². The first kappa shape index (κ1) is 15.6. The molecule has 2 rings (SSSR count). The van der Waals surface area contributed by atoms with Gasteiger partial charge in [-0.05, 0) is 17.7 Å². The highest BCUT2D eigenvalue weighted by atomic mass is 35.5. The van der Waals surface area contributed by atoms with Crippen molar-refractivity contribution in [1.82, 2.24) is 0 Å². The number of carboxylic acid groups (broad SMARTS) is 1. The Kier molecular flexibility index (Phi) is 5.07. The molecule has 6 heteroatoms. The second-order valence-electron chi connectivity index (χ2n) is 4.31. The average molecular weight is 327 g/mol. The summed E-state index contributed by atoms with van der Waals surface area (Å²) in [6.07, 6.45) is -0.889. The predicted octanol–water partition coefficient (Wildman–Crippen LogP) is 3.80. The number of benzene rings is 2. The minimum absolute atomic E-state index is 0.0106. The van der Waals surface area contributed by atoms with Crippen LogP contribution in [0.1, 0.15) is 22.0 Å². The molecule has 0 saturated heterocycles. The van der Waals surface area contributed by atoms with Crippen LogP contribution in [0.25, 0.3) is 0 Å². The summed E-state index contributed by atoms with van der Waals surface area (Å²) in [5, 5.41) is 19.4. The van der Waals surface area contributed by atoms with Crippen LogP contribution in [0, 0.1) is 0 Å². The Morgan fingerprint density at radius 1 is 1.19 bits per heavy atom. The predicted molar refractivity (Wildman–Crippen MR) is 80.3 cm³/mol. The van der Waals surface area contributed by atoms with Gasteiger partial charge in [0.25, 0.3) is 0 Å². The number of carboxylic acids is 1. The van der Waals surface area contributed by atoms with Gasteiger partial charge in [-0.2, -0.15) is 0 Å². The summed E-state index contributed by atoms with van der Waals surface area (Å²) in [6, 6.07) is 11.5. The molecule has 0 aromatic heterocycles. The third kappa shape index (κ3) is 3.88. The first-order chi connectivity index (χ1) is 9.99. The second kappa shape index (κ2) is 6.80. The number of ether oxygens (including phenoxy) is 1. The van der Waals surface area contributed by atoms with Gasteiger partial charge in [-0.25, -0.2) is 4.79 Å². The highest BCUT2D eigenvalue weighted by Crippen LogP contribution is 2.33. The molecule has 4 nitrogen and oxygen atoms in total. The maximum absolute atomic E-state index is 11.2. The standard InChI is InChI=1S/C15H12Cl2O4/c16-10-6-11(15(19)20)14(12(17)7-10)21-8-13(18)9-4-2-1-3-5-9/h1-7,13,18H,8H2,(H,19,20). The van der Waals surface area contributed by atoms with E-state index >= 15 is 0 Å². The van der Waals surface area contributed by atoms with E-state index in [-0.39, 0.29) is 28.0 Å². The molecule has 1 atom stereocenters. The lowest BCUT2D eigenvalue weighted by Crippen LogP contribution is -2.12. The maximum Gasteiger partial charge on any atom is 0.339 e. The Balaban J connectivity index is 2.18. The Bertz CT molecular complexity index is 644. The molecular weight excluding hydrogens is 315 g/mol. The van der Waals surface area contributed by atoms with E-state index in [2.05, 4.69) is 0 Å². The van der Waals surface area contributed by atoms with Gasteiger partial charge >= 0.3 is 5.97 Å². The van der Waals surface area contributed by atoms with Gasteiger partial charge in [0, 0.05) is 5.02 Å². The number of aliphatic hydroxyl groups excluding tert-OH is 1. The third-order valence-corrected chi connectivity index (χ3v) is 3.31. The summed E-state index contributed by atoms with van der Waals surface area (Å²) in [7, 11) is 0. The van der Waals surface area contributed by atoms with Gasteiger partial charge in [-0.1, -0.05) is 53.5 Å². The lowest BCUT2D eigenvalue weighted by molar-refractivity contribution is 0.0683. The van der Waals surface area contributed by atoms with Crippen molar-refractivity contribution in [2.45, 2.75) is 6.10 Å². The Hall–Kier alpha value is -1.75. The molecule has 2 N–H and O–H groups in total. The fraction of sp³-hybridized carbons (Fsp3) is 0.133. The Morgan fingerprint density at radius 2 is 1.86 bits per heavy atom. The summed E-state index contributed by atoms with van der Waals surface area (Å²) >= 11 is 11.7. The van der Waals surface area contributed by atoms with Crippen molar-refractivity contribution in [3.8, 4) is 5.75 Å². The van der Waals surface area contributed by atoms with Gasteiger partial charge in [0.15, 0.2) is 5.75 Å². The summed E-state index contributed by atoms with van der Waals surface area (Å²) in [5.74, 6) is -1.22. The minimum Gasteiger partial charge on any atom is -0.488 e. The van der Waals surface area contributed by atoms with E-state index in [0.717, 1.165) is 0 Å². The lowest BCUT2D eigenvalue weighted by Gasteiger charge is -2.15. The fourth-order valence-corrected chi connectivity index (χ4v) is 2.35. The van der Waals surface area contributed by atoms with Crippen molar-refractivity contribution in [2.75, 3.05) is 6.61 Å². The summed E-state index contributed by atoms with van der Waals surface area (Å²) in [5.41, 5.74) is 0.521. The molecule has 1 unspecified atom stereocenters. The molecule has 0 aliphatic rings. The zero-order valence-electron chi connectivity index (χ0n) is 10.8. The number of hydrogen-bond acceptors (Lipinski definition) is 3. The van der Waals surface area contributed by atoms with Gasteiger partial charge in [-0.3, -0.25) is 0 Å². The molecule has 0 heterocycles. The summed E-state index contributed by atoms with van der Waals surface area (Å²) in [4.78, 5) is 11.2. The van der Waals surface area contributed by atoms with E-state index in [9.17, 15) is 9.90 Å². The van der Waals surface area contributed by atoms with Crippen LogP contribution < -0.4 is 4.74 Å².